The number of aromatic hydroxyl groups is 1. The largest absolute Gasteiger partial charge is 0.508 e. The molecular formula is C24H28N2O6. The van der Waals surface area contributed by atoms with E-state index in [1.54, 1.807) is 13.8 Å². The molecule has 4 rings (SSSR count). The van der Waals surface area contributed by atoms with Crippen molar-refractivity contribution in [3.63, 3.8) is 0 Å². The fourth-order valence-electron chi connectivity index (χ4n) is 6.17. The number of primary amides is 1. The Morgan fingerprint density at radius 3 is 2.44 bits per heavy atom. The van der Waals surface area contributed by atoms with Gasteiger partial charge in [-0.3, -0.25) is 9.59 Å². The summed E-state index contributed by atoms with van der Waals surface area (Å²) in [4.78, 5) is 25.7. The van der Waals surface area contributed by atoms with Crippen LogP contribution in [0, 0.1) is 16.2 Å². The zero-order valence-corrected chi connectivity index (χ0v) is 18.4. The Hall–Kier alpha value is -3.13. The van der Waals surface area contributed by atoms with Gasteiger partial charge in [-0.2, -0.15) is 0 Å². The van der Waals surface area contributed by atoms with Crippen LogP contribution in [-0.4, -0.2) is 43.4 Å². The SMILES string of the molecule is CCCc1ccc(O)c2c1C[C@@]1(C)C[C@@]3(C)CC(=N)C(C(N)=O)=C(O)[C@@]3(O)C(=O)C1=C2O. The summed E-state index contributed by atoms with van der Waals surface area (Å²) in [7, 11) is 0. The van der Waals surface area contributed by atoms with Crippen LogP contribution < -0.4 is 5.73 Å². The van der Waals surface area contributed by atoms with Gasteiger partial charge in [0.25, 0.3) is 5.91 Å². The number of carbonyl (C=O) groups is 2. The first-order valence-electron chi connectivity index (χ1n) is 10.7. The third kappa shape index (κ3) is 2.56. The van der Waals surface area contributed by atoms with Crippen LogP contribution in [0.5, 0.6) is 5.75 Å². The normalized spacial score (nSPS) is 31.9. The van der Waals surface area contributed by atoms with Gasteiger partial charge in [-0.15, -0.1) is 0 Å². The van der Waals surface area contributed by atoms with Crippen molar-refractivity contribution in [2.75, 3.05) is 0 Å². The molecule has 3 aliphatic rings. The predicted molar refractivity (Wildman–Crippen MR) is 117 cm³/mol. The summed E-state index contributed by atoms with van der Waals surface area (Å²) in [5.74, 6) is -3.62. The minimum absolute atomic E-state index is 0.0993. The lowest BCUT2D eigenvalue weighted by Crippen LogP contribution is -2.65. The number of nitrogens with one attached hydrogen (secondary N) is 1. The van der Waals surface area contributed by atoms with E-state index in [0.29, 0.717) is 6.42 Å². The molecule has 170 valence electrons. The van der Waals surface area contributed by atoms with Crippen LogP contribution >= 0.6 is 0 Å². The number of hydrogen-bond donors (Lipinski definition) is 6. The van der Waals surface area contributed by atoms with Crippen molar-refractivity contribution in [1.82, 2.24) is 0 Å². The summed E-state index contributed by atoms with van der Waals surface area (Å²) in [6.45, 7) is 5.42. The Bertz CT molecular complexity index is 1170. The molecule has 0 heterocycles. The van der Waals surface area contributed by atoms with Crippen LogP contribution in [-0.2, 0) is 22.4 Å². The molecular weight excluding hydrogens is 412 g/mol. The summed E-state index contributed by atoms with van der Waals surface area (Å²) in [5.41, 5.74) is 1.51. The Morgan fingerprint density at radius 1 is 1.19 bits per heavy atom. The summed E-state index contributed by atoms with van der Waals surface area (Å²) < 4.78 is 0. The molecule has 0 aromatic heterocycles. The third-order valence-corrected chi connectivity index (χ3v) is 7.46. The quantitative estimate of drug-likeness (QED) is 0.423. The lowest BCUT2D eigenvalue weighted by molar-refractivity contribution is -0.159. The van der Waals surface area contributed by atoms with E-state index in [0.717, 1.165) is 24.0 Å². The fourth-order valence-corrected chi connectivity index (χ4v) is 6.17. The van der Waals surface area contributed by atoms with Crippen molar-refractivity contribution in [2.45, 2.75) is 58.5 Å². The van der Waals surface area contributed by atoms with Crippen molar-refractivity contribution in [1.29, 1.82) is 5.41 Å². The predicted octanol–water partition coefficient (Wildman–Crippen LogP) is 2.61. The second-order valence-corrected chi connectivity index (χ2v) is 9.83. The van der Waals surface area contributed by atoms with Gasteiger partial charge < -0.3 is 31.6 Å². The van der Waals surface area contributed by atoms with Gasteiger partial charge in [-0.25, -0.2) is 0 Å². The molecule has 1 aromatic carbocycles. The zero-order valence-electron chi connectivity index (χ0n) is 18.4. The highest BCUT2D eigenvalue weighted by molar-refractivity contribution is 6.24. The lowest BCUT2D eigenvalue weighted by Gasteiger charge is -2.56. The van der Waals surface area contributed by atoms with Crippen LogP contribution in [0.15, 0.2) is 29.0 Å². The number of ketones is 1. The molecule has 32 heavy (non-hydrogen) atoms. The maximum absolute atomic E-state index is 13.8. The molecule has 0 radical (unpaired) electrons. The summed E-state index contributed by atoms with van der Waals surface area (Å²) in [5, 5.41) is 52.4. The van der Waals surface area contributed by atoms with E-state index in [2.05, 4.69) is 0 Å². The van der Waals surface area contributed by atoms with Crippen molar-refractivity contribution in [3.8, 4) is 5.75 Å². The molecule has 7 N–H and O–H groups in total. The number of amides is 1. The molecule has 3 aliphatic carbocycles. The Kier molecular flexibility index (Phi) is 4.61. The first-order valence-corrected chi connectivity index (χ1v) is 10.7. The van der Waals surface area contributed by atoms with Crippen molar-refractivity contribution >= 4 is 23.2 Å². The molecule has 0 spiro atoms. The van der Waals surface area contributed by atoms with Gasteiger partial charge in [0.1, 0.15) is 22.8 Å². The van der Waals surface area contributed by atoms with Gasteiger partial charge in [-0.05, 0) is 42.9 Å². The van der Waals surface area contributed by atoms with Crippen LogP contribution in [0.1, 0.15) is 56.7 Å². The highest BCUT2D eigenvalue weighted by Gasteiger charge is 2.68. The van der Waals surface area contributed by atoms with Crippen molar-refractivity contribution in [3.05, 3.63) is 45.7 Å². The summed E-state index contributed by atoms with van der Waals surface area (Å²) in [6.07, 6.45) is 1.93. The highest BCUT2D eigenvalue weighted by atomic mass is 16.3. The van der Waals surface area contributed by atoms with Crippen molar-refractivity contribution < 1.29 is 30.0 Å². The van der Waals surface area contributed by atoms with Gasteiger partial charge in [0, 0.05) is 22.1 Å². The van der Waals surface area contributed by atoms with E-state index in [1.807, 2.05) is 13.0 Å². The van der Waals surface area contributed by atoms with E-state index in [4.69, 9.17) is 11.1 Å². The van der Waals surface area contributed by atoms with E-state index < -0.39 is 45.2 Å². The van der Waals surface area contributed by atoms with Gasteiger partial charge in [0.2, 0.25) is 5.78 Å². The molecule has 0 bridgehead atoms. The second kappa shape index (κ2) is 6.68. The van der Waals surface area contributed by atoms with E-state index in [-0.39, 0.29) is 35.4 Å². The van der Waals surface area contributed by atoms with Gasteiger partial charge in [0.05, 0.1) is 5.56 Å². The van der Waals surface area contributed by atoms with E-state index in [1.165, 1.54) is 6.07 Å². The van der Waals surface area contributed by atoms with Gasteiger partial charge in [0.15, 0.2) is 5.60 Å². The molecule has 1 aromatic rings. The Morgan fingerprint density at radius 2 is 1.84 bits per heavy atom. The maximum atomic E-state index is 13.8. The minimum Gasteiger partial charge on any atom is -0.508 e. The first-order chi connectivity index (χ1) is 14.8. The standard InChI is InChI=1S/C24H28N2O6/c1-4-5-11-6-7-14(27)15-12(11)8-22(2)10-23(3)9-13(25)16(21(26)31)19(29)24(23,32)20(30)17(22)18(15)28/h6-7,25,27-29,32H,4-5,8-10H2,1-3H3,(H2,26,31)/t22-,23+,24+/m0/s1. The number of carbonyl (C=O) groups excluding carboxylic acids is 2. The number of fused-ring (bicyclic) bond motifs is 3. The number of nitrogens with two attached hydrogens (primary N) is 1. The number of aryl methyl sites for hydroxylation is 1. The average molecular weight is 440 g/mol. The number of phenolic OH excluding ortho intramolecular Hbond substituents is 1. The lowest BCUT2D eigenvalue weighted by atomic mass is 9.47. The number of benzene rings is 1. The molecule has 0 unspecified atom stereocenters. The Labute approximate surface area is 185 Å². The molecule has 1 fully saturated rings. The number of aliphatic hydroxyl groups is 3. The summed E-state index contributed by atoms with van der Waals surface area (Å²) >= 11 is 0. The van der Waals surface area contributed by atoms with E-state index >= 15 is 0 Å². The zero-order chi connectivity index (χ0) is 23.8. The van der Waals surface area contributed by atoms with Crippen LogP contribution in [0.4, 0.5) is 0 Å². The highest BCUT2D eigenvalue weighted by Crippen LogP contribution is 2.62. The minimum atomic E-state index is -2.53. The molecule has 8 heteroatoms. The second-order valence-electron chi connectivity index (χ2n) is 9.83. The topological polar surface area (TPSA) is 165 Å². The molecule has 8 nitrogen and oxygen atoms in total. The molecule has 1 amide bonds. The number of hydrogen-bond acceptors (Lipinski definition) is 7. The van der Waals surface area contributed by atoms with Gasteiger partial charge >= 0.3 is 0 Å². The van der Waals surface area contributed by atoms with Gasteiger partial charge in [-0.1, -0.05) is 33.3 Å². The van der Waals surface area contributed by atoms with Crippen LogP contribution in [0.2, 0.25) is 0 Å². The Balaban J connectivity index is 2.02. The monoisotopic (exact) mass is 440 g/mol. The molecule has 1 saturated carbocycles. The van der Waals surface area contributed by atoms with Crippen LogP contribution in [0.3, 0.4) is 0 Å². The third-order valence-electron chi connectivity index (χ3n) is 7.46. The van der Waals surface area contributed by atoms with Crippen LogP contribution in [0.25, 0.3) is 5.76 Å². The number of aliphatic hydroxyl groups excluding tert-OH is 2. The number of Topliss-reactive ketones (excluding diaryl/α,β-unsaturated/α-hetero) is 1. The maximum Gasteiger partial charge on any atom is 0.254 e. The van der Waals surface area contributed by atoms with Crippen molar-refractivity contribution in [2.24, 2.45) is 16.6 Å². The smallest absolute Gasteiger partial charge is 0.254 e. The number of rotatable bonds is 3. The van der Waals surface area contributed by atoms with E-state index in [9.17, 15) is 30.0 Å². The fraction of sp³-hybridized carbons (Fsp3) is 0.458. The first kappa shape index (κ1) is 22.1. The number of phenols is 1. The molecule has 0 aliphatic heterocycles. The summed E-state index contributed by atoms with van der Waals surface area (Å²) in [6, 6.07) is 3.28. The average Bonchev–Trinajstić information content (AvgIpc) is 2.66. The molecule has 3 atom stereocenters. The molecule has 0 saturated heterocycles.